The van der Waals surface area contributed by atoms with Crippen molar-refractivity contribution in [2.24, 2.45) is 5.10 Å². The summed E-state index contributed by atoms with van der Waals surface area (Å²) < 4.78 is 41.2. The van der Waals surface area contributed by atoms with Crippen LogP contribution < -0.4 is 5.43 Å². The Hall–Kier alpha value is -5.51. The monoisotopic (exact) mass is 554 g/mol. The fourth-order valence-electron chi connectivity index (χ4n) is 4.39. The molecular formula is C31H21F3N4O3. The lowest BCUT2D eigenvalue weighted by atomic mass is 10.1. The van der Waals surface area contributed by atoms with Gasteiger partial charge in [0.05, 0.1) is 28.1 Å². The Morgan fingerprint density at radius 1 is 0.829 bits per heavy atom. The largest absolute Gasteiger partial charge is 0.416 e. The van der Waals surface area contributed by atoms with Crippen LogP contribution in [0, 0.1) is 10.1 Å². The minimum atomic E-state index is -4.58. The summed E-state index contributed by atoms with van der Waals surface area (Å²) in [6.07, 6.45) is -3.17. The third kappa shape index (κ3) is 5.91. The van der Waals surface area contributed by atoms with Crippen molar-refractivity contribution in [3.63, 3.8) is 0 Å². The molecule has 1 aromatic heterocycles. The molecule has 0 bridgehead atoms. The fraction of sp³-hybridized carbons (Fsp3) is 0.0323. The van der Waals surface area contributed by atoms with Gasteiger partial charge in [-0.3, -0.25) is 14.9 Å². The zero-order chi connectivity index (χ0) is 29.0. The Morgan fingerprint density at radius 2 is 1.46 bits per heavy atom. The molecule has 1 amide bonds. The van der Waals surface area contributed by atoms with Gasteiger partial charge in [-0.05, 0) is 47.5 Å². The maximum absolute atomic E-state index is 13.1. The van der Waals surface area contributed by atoms with Gasteiger partial charge in [0.15, 0.2) is 0 Å². The molecule has 0 aliphatic carbocycles. The second kappa shape index (κ2) is 11.3. The molecule has 4 aromatic carbocycles. The maximum Gasteiger partial charge on any atom is 0.416 e. The smallest absolute Gasteiger partial charge is 0.309 e. The lowest BCUT2D eigenvalue weighted by Crippen LogP contribution is -2.18. The van der Waals surface area contributed by atoms with E-state index in [1.165, 1.54) is 24.4 Å². The molecule has 41 heavy (non-hydrogen) atoms. The first-order chi connectivity index (χ1) is 19.7. The van der Waals surface area contributed by atoms with Crippen LogP contribution in [0.3, 0.4) is 0 Å². The average Bonchev–Trinajstić information content (AvgIpc) is 3.37. The molecule has 5 rings (SSSR count). The van der Waals surface area contributed by atoms with Crippen molar-refractivity contribution in [1.82, 2.24) is 9.99 Å². The molecule has 0 fully saturated rings. The van der Waals surface area contributed by atoms with Crippen molar-refractivity contribution in [1.29, 1.82) is 0 Å². The van der Waals surface area contributed by atoms with Crippen molar-refractivity contribution in [2.45, 2.75) is 6.18 Å². The highest BCUT2D eigenvalue weighted by Gasteiger charge is 2.31. The van der Waals surface area contributed by atoms with Gasteiger partial charge in [-0.1, -0.05) is 66.7 Å². The predicted molar refractivity (Wildman–Crippen MR) is 150 cm³/mol. The van der Waals surface area contributed by atoms with E-state index >= 15 is 0 Å². The second-order valence-corrected chi connectivity index (χ2v) is 8.95. The van der Waals surface area contributed by atoms with Gasteiger partial charge in [-0.25, -0.2) is 5.43 Å². The maximum atomic E-state index is 13.1. The second-order valence-electron chi connectivity index (χ2n) is 8.95. The molecule has 5 aromatic rings. The number of alkyl halides is 3. The number of hydrogen-bond donors (Lipinski definition) is 1. The number of aromatic nitrogens is 1. The summed E-state index contributed by atoms with van der Waals surface area (Å²) in [7, 11) is 0. The Labute approximate surface area is 232 Å². The molecule has 10 heteroatoms. The molecule has 0 unspecified atom stereocenters. The van der Waals surface area contributed by atoms with Gasteiger partial charge in [0.1, 0.15) is 0 Å². The van der Waals surface area contributed by atoms with Gasteiger partial charge in [0, 0.05) is 28.9 Å². The van der Waals surface area contributed by atoms with Crippen LogP contribution >= 0.6 is 0 Å². The number of hydrogen-bond acceptors (Lipinski definition) is 4. The van der Waals surface area contributed by atoms with Crippen molar-refractivity contribution < 1.29 is 22.9 Å². The number of carbonyl (C=O) groups excluding carboxylic acids is 1. The van der Waals surface area contributed by atoms with E-state index in [-0.39, 0.29) is 11.3 Å². The average molecular weight is 555 g/mol. The van der Waals surface area contributed by atoms with E-state index < -0.39 is 22.6 Å². The van der Waals surface area contributed by atoms with Gasteiger partial charge < -0.3 is 4.57 Å². The molecule has 1 N–H and O–H groups in total. The number of non-ortho nitro benzene ring substituents is 1. The van der Waals surface area contributed by atoms with Crippen LogP contribution in [0.15, 0.2) is 120 Å². The minimum absolute atomic E-state index is 0.0532. The first kappa shape index (κ1) is 27.1. The van der Waals surface area contributed by atoms with E-state index in [2.05, 4.69) is 10.5 Å². The quantitative estimate of drug-likeness (QED) is 0.128. The lowest BCUT2D eigenvalue weighted by molar-refractivity contribution is -0.384. The molecule has 0 saturated carbocycles. The highest BCUT2D eigenvalue weighted by molar-refractivity contribution is 5.97. The van der Waals surface area contributed by atoms with Crippen LogP contribution in [0.5, 0.6) is 0 Å². The molecule has 0 spiro atoms. The molecule has 0 radical (unpaired) electrons. The number of nitrogens with zero attached hydrogens (tertiary/aromatic N) is 3. The topological polar surface area (TPSA) is 89.5 Å². The molecule has 1 heterocycles. The van der Waals surface area contributed by atoms with Crippen molar-refractivity contribution in [2.75, 3.05) is 0 Å². The molecule has 7 nitrogen and oxygen atoms in total. The summed E-state index contributed by atoms with van der Waals surface area (Å²) in [6, 6.07) is 30.9. The first-order valence-electron chi connectivity index (χ1n) is 12.3. The number of halogens is 3. The summed E-state index contributed by atoms with van der Waals surface area (Å²) in [6.45, 7) is 0. The molecule has 0 atom stereocenters. The standard InChI is InChI=1S/C31H21F3N4O3/c32-31(33,34)25-13-7-12-23(18-25)30(39)36-35-20-24-19-28(21-8-3-1-4-9-21)37(29(24)22-10-5-2-6-11-22)26-14-16-27(17-15-26)38(40)41/h1-20H,(H,36,39)/b35-20+. The Kier molecular flexibility index (Phi) is 7.47. The van der Waals surface area contributed by atoms with Crippen LogP contribution in [0.4, 0.5) is 18.9 Å². The summed E-state index contributed by atoms with van der Waals surface area (Å²) in [5.74, 6) is -0.799. The van der Waals surface area contributed by atoms with E-state index in [1.54, 1.807) is 12.1 Å². The summed E-state index contributed by atoms with van der Waals surface area (Å²) in [4.78, 5) is 23.4. The van der Waals surface area contributed by atoms with Gasteiger partial charge in [0.25, 0.3) is 11.6 Å². The van der Waals surface area contributed by atoms with Gasteiger partial charge in [-0.2, -0.15) is 18.3 Å². The summed E-state index contributed by atoms with van der Waals surface area (Å²) in [5, 5.41) is 15.3. The summed E-state index contributed by atoms with van der Waals surface area (Å²) in [5.41, 5.74) is 5.49. The third-order valence-corrected chi connectivity index (χ3v) is 6.29. The van der Waals surface area contributed by atoms with E-state index in [0.29, 0.717) is 16.9 Å². The number of rotatable bonds is 7. The third-order valence-electron chi connectivity index (χ3n) is 6.29. The van der Waals surface area contributed by atoms with Crippen LogP contribution in [-0.4, -0.2) is 21.6 Å². The molecule has 0 saturated heterocycles. The lowest BCUT2D eigenvalue weighted by Gasteiger charge is -2.15. The van der Waals surface area contributed by atoms with Crippen LogP contribution in [0.2, 0.25) is 0 Å². The minimum Gasteiger partial charge on any atom is -0.309 e. The van der Waals surface area contributed by atoms with Gasteiger partial charge in [0.2, 0.25) is 0 Å². The van der Waals surface area contributed by atoms with Crippen LogP contribution in [0.25, 0.3) is 28.2 Å². The van der Waals surface area contributed by atoms with Crippen molar-refractivity contribution in [3.05, 3.63) is 142 Å². The Bertz CT molecular complexity index is 1730. The van der Waals surface area contributed by atoms with E-state index in [9.17, 15) is 28.1 Å². The number of nitro groups is 1. The van der Waals surface area contributed by atoms with E-state index in [4.69, 9.17) is 0 Å². The summed E-state index contributed by atoms with van der Waals surface area (Å²) >= 11 is 0. The molecule has 0 aliphatic rings. The number of benzene rings is 4. The normalized spacial score (nSPS) is 11.5. The Morgan fingerprint density at radius 3 is 2.07 bits per heavy atom. The van der Waals surface area contributed by atoms with Gasteiger partial charge >= 0.3 is 6.18 Å². The molecular weight excluding hydrogens is 533 g/mol. The highest BCUT2D eigenvalue weighted by atomic mass is 19.4. The molecule has 204 valence electrons. The van der Waals surface area contributed by atoms with Crippen LogP contribution in [0.1, 0.15) is 21.5 Å². The number of carbonyl (C=O) groups is 1. The predicted octanol–water partition coefficient (Wildman–Crippen LogP) is 7.50. The Balaban J connectivity index is 1.60. The number of amides is 1. The number of nitro benzene ring substituents is 1. The van der Waals surface area contributed by atoms with Crippen LogP contribution in [-0.2, 0) is 6.18 Å². The number of nitrogens with one attached hydrogen (secondary N) is 1. The zero-order valence-electron chi connectivity index (χ0n) is 21.2. The SMILES string of the molecule is O=C(N/N=C/c1cc(-c2ccccc2)n(-c2ccc([N+](=O)[O-])cc2)c1-c1ccccc1)c1cccc(C(F)(F)F)c1. The number of hydrazone groups is 1. The van der Waals surface area contributed by atoms with Crippen molar-refractivity contribution in [3.8, 4) is 28.2 Å². The van der Waals surface area contributed by atoms with Gasteiger partial charge in [-0.15, -0.1) is 0 Å². The highest BCUT2D eigenvalue weighted by Crippen LogP contribution is 2.36. The van der Waals surface area contributed by atoms with E-state index in [1.807, 2.05) is 71.3 Å². The molecule has 0 aliphatic heterocycles. The van der Waals surface area contributed by atoms with E-state index in [0.717, 1.165) is 35.0 Å². The first-order valence-corrected chi connectivity index (χ1v) is 12.3. The van der Waals surface area contributed by atoms with Crippen molar-refractivity contribution >= 4 is 17.8 Å². The fourth-order valence-corrected chi connectivity index (χ4v) is 4.39. The zero-order valence-corrected chi connectivity index (χ0v) is 21.2.